The normalized spacial score (nSPS) is 14.3. The summed E-state index contributed by atoms with van der Waals surface area (Å²) in [5, 5.41) is 0. The first kappa shape index (κ1) is 36.7. The Labute approximate surface area is 294 Å². The molecule has 2 aliphatic heterocycles. The van der Waals surface area contributed by atoms with Gasteiger partial charge in [0.05, 0.1) is 49.2 Å². The van der Waals surface area contributed by atoms with E-state index < -0.39 is 0 Å². The molecule has 10 heteroatoms. The van der Waals surface area contributed by atoms with Crippen LogP contribution in [-0.4, -0.2) is 66.4 Å². The van der Waals surface area contributed by atoms with Gasteiger partial charge in [-0.25, -0.2) is 9.97 Å². The lowest BCUT2D eigenvalue weighted by Crippen LogP contribution is -2.07. The van der Waals surface area contributed by atoms with Gasteiger partial charge >= 0.3 is 11.9 Å². The van der Waals surface area contributed by atoms with Crippen LogP contribution < -0.4 is 0 Å². The number of hydrogen-bond acceptors (Lipinski definition) is 8. The second-order valence-electron chi connectivity index (χ2n) is 13.1. The number of aryl methyl sites for hydroxylation is 3. The Balaban J connectivity index is 1.87. The standard InChI is InChI=1S/C40H50N4O6/c1-21-27(13-11-15-37(45)49-9)33-20-34-28(14-12-16-38(46)50-10)22(2)30(42-34)18-35-40(26(6)48-8)24(4)32(44-35)19-36-39(25(5)47-7)23(3)31(43-36)17-29(21)41-33/h17-20,25-26,42-43H,11-16H2,1-10H3. The zero-order chi connectivity index (χ0) is 36.3. The van der Waals surface area contributed by atoms with E-state index in [1.807, 2.05) is 6.92 Å². The molecule has 0 aliphatic carbocycles. The summed E-state index contributed by atoms with van der Waals surface area (Å²) in [6, 6.07) is 8.41. The molecule has 10 nitrogen and oxygen atoms in total. The van der Waals surface area contributed by atoms with Crippen LogP contribution in [0.3, 0.4) is 0 Å². The molecule has 3 aromatic rings. The number of rotatable bonds is 12. The number of fused-ring (bicyclic) bond motifs is 8. The Hall–Kier alpha value is -4.54. The van der Waals surface area contributed by atoms with Gasteiger partial charge in [-0.05, 0) is 125 Å². The summed E-state index contributed by atoms with van der Waals surface area (Å²) in [6.45, 7) is 12.5. The van der Waals surface area contributed by atoms with Crippen LogP contribution in [-0.2, 0) is 35.0 Å². The maximum atomic E-state index is 12.0. The van der Waals surface area contributed by atoms with Crippen molar-refractivity contribution in [2.45, 2.75) is 92.3 Å². The fourth-order valence-electron chi connectivity index (χ4n) is 7.08. The molecule has 2 atom stereocenters. The summed E-state index contributed by atoms with van der Waals surface area (Å²) >= 11 is 0. The van der Waals surface area contributed by atoms with Crippen molar-refractivity contribution < 1.29 is 28.5 Å². The molecule has 50 heavy (non-hydrogen) atoms. The van der Waals surface area contributed by atoms with Gasteiger partial charge in [-0.3, -0.25) is 9.59 Å². The zero-order valence-corrected chi connectivity index (χ0v) is 31.1. The minimum Gasteiger partial charge on any atom is -0.469 e. The van der Waals surface area contributed by atoms with Crippen LogP contribution in [0.1, 0.15) is 111 Å². The minimum absolute atomic E-state index is 0.163. The summed E-state index contributed by atoms with van der Waals surface area (Å²) in [5.74, 6) is -0.461. The van der Waals surface area contributed by atoms with E-state index in [2.05, 4.69) is 68.9 Å². The van der Waals surface area contributed by atoms with Crippen molar-refractivity contribution in [3.8, 4) is 0 Å². The van der Waals surface area contributed by atoms with Crippen molar-refractivity contribution in [2.24, 2.45) is 0 Å². The van der Waals surface area contributed by atoms with Gasteiger partial charge < -0.3 is 28.9 Å². The second kappa shape index (κ2) is 15.6. The summed E-state index contributed by atoms with van der Waals surface area (Å²) in [6.07, 6.45) is 2.90. The average molecular weight is 683 g/mol. The van der Waals surface area contributed by atoms with E-state index in [-0.39, 0.29) is 24.1 Å². The van der Waals surface area contributed by atoms with E-state index in [1.165, 1.54) is 14.2 Å². The van der Waals surface area contributed by atoms with Gasteiger partial charge in [0.15, 0.2) is 0 Å². The van der Waals surface area contributed by atoms with Gasteiger partial charge in [-0.2, -0.15) is 0 Å². The fourth-order valence-corrected chi connectivity index (χ4v) is 7.08. The molecule has 2 aliphatic rings. The highest BCUT2D eigenvalue weighted by atomic mass is 16.5. The Morgan fingerprint density at radius 2 is 1.16 bits per heavy atom. The third-order valence-electron chi connectivity index (χ3n) is 10.2. The first-order valence-electron chi connectivity index (χ1n) is 17.3. The van der Waals surface area contributed by atoms with E-state index in [9.17, 15) is 9.59 Å². The zero-order valence-electron chi connectivity index (χ0n) is 31.1. The first-order chi connectivity index (χ1) is 23.9. The van der Waals surface area contributed by atoms with Crippen LogP contribution in [0.5, 0.6) is 0 Å². The quantitative estimate of drug-likeness (QED) is 0.182. The second-order valence-corrected chi connectivity index (χ2v) is 13.1. The highest BCUT2D eigenvalue weighted by Crippen LogP contribution is 2.38. The van der Waals surface area contributed by atoms with Crippen molar-refractivity contribution in [2.75, 3.05) is 28.4 Å². The number of esters is 2. The van der Waals surface area contributed by atoms with Gasteiger partial charge in [0.25, 0.3) is 0 Å². The molecule has 0 amide bonds. The molecule has 0 spiro atoms. The summed E-state index contributed by atoms with van der Waals surface area (Å²) in [7, 11) is 6.27. The summed E-state index contributed by atoms with van der Waals surface area (Å²) < 4.78 is 21.6. The van der Waals surface area contributed by atoms with Crippen molar-refractivity contribution in [1.29, 1.82) is 0 Å². The number of aromatic nitrogens is 4. The molecule has 0 saturated heterocycles. The molecule has 8 bridgehead atoms. The number of allylic oxidation sites excluding steroid dienone is 3. The van der Waals surface area contributed by atoms with Gasteiger partial charge in [-0.1, -0.05) is 0 Å². The molecular weight excluding hydrogens is 632 g/mol. The molecule has 0 radical (unpaired) electrons. The Kier molecular flexibility index (Phi) is 11.4. The molecule has 0 saturated carbocycles. The van der Waals surface area contributed by atoms with Gasteiger partial charge in [0.1, 0.15) is 0 Å². The lowest BCUT2D eigenvalue weighted by Gasteiger charge is -2.12. The number of nitrogens with one attached hydrogen (secondary N) is 2. The molecule has 5 heterocycles. The average Bonchev–Trinajstić information content (AvgIpc) is 3.77. The van der Waals surface area contributed by atoms with Crippen LogP contribution in [0.2, 0.25) is 0 Å². The predicted molar refractivity (Wildman–Crippen MR) is 198 cm³/mol. The molecule has 0 fully saturated rings. The van der Waals surface area contributed by atoms with Crippen LogP contribution in [0, 0.1) is 13.8 Å². The third-order valence-corrected chi connectivity index (χ3v) is 10.2. The number of hydrogen-bond donors (Lipinski definition) is 2. The molecule has 2 unspecified atom stereocenters. The monoisotopic (exact) mass is 682 g/mol. The molecule has 2 N–H and O–H groups in total. The maximum Gasteiger partial charge on any atom is 0.305 e. The maximum absolute atomic E-state index is 12.0. The first-order valence-corrected chi connectivity index (χ1v) is 17.3. The number of carbonyl (C=O) groups is 2. The van der Waals surface area contributed by atoms with E-state index >= 15 is 0 Å². The summed E-state index contributed by atoms with van der Waals surface area (Å²) in [4.78, 5) is 41.8. The number of methoxy groups -OCH3 is 4. The summed E-state index contributed by atoms with van der Waals surface area (Å²) in [5.41, 5.74) is 15.6. The lowest BCUT2D eigenvalue weighted by atomic mass is 9.99. The fraction of sp³-hybridized carbons (Fsp3) is 0.450. The molecular formula is C40H50N4O6. The number of H-pyrrole nitrogens is 2. The Morgan fingerprint density at radius 3 is 1.80 bits per heavy atom. The highest BCUT2D eigenvalue weighted by molar-refractivity contribution is 5.96. The van der Waals surface area contributed by atoms with Crippen molar-refractivity contribution >= 4 is 56.3 Å². The van der Waals surface area contributed by atoms with Crippen molar-refractivity contribution in [3.05, 3.63) is 69.3 Å². The van der Waals surface area contributed by atoms with E-state index in [4.69, 9.17) is 28.9 Å². The van der Waals surface area contributed by atoms with Crippen LogP contribution in [0.4, 0.5) is 0 Å². The van der Waals surface area contributed by atoms with E-state index in [0.717, 1.165) is 89.4 Å². The molecule has 266 valence electrons. The number of aromatic amines is 2. The van der Waals surface area contributed by atoms with Crippen LogP contribution in [0.25, 0.3) is 44.4 Å². The van der Waals surface area contributed by atoms with Crippen molar-refractivity contribution in [3.63, 3.8) is 0 Å². The van der Waals surface area contributed by atoms with Crippen LogP contribution in [0.15, 0.2) is 24.3 Å². The molecule has 3 aromatic heterocycles. The number of carbonyl (C=O) groups excluding carboxylic acids is 2. The topological polar surface area (TPSA) is 128 Å². The molecule has 5 rings (SSSR count). The van der Waals surface area contributed by atoms with Crippen molar-refractivity contribution in [1.82, 2.24) is 19.9 Å². The van der Waals surface area contributed by atoms with Gasteiger partial charge in [0, 0.05) is 60.3 Å². The van der Waals surface area contributed by atoms with Crippen LogP contribution >= 0.6 is 0 Å². The largest absolute Gasteiger partial charge is 0.469 e. The predicted octanol–water partition coefficient (Wildman–Crippen LogP) is 8.37. The number of ether oxygens (including phenoxy) is 4. The Morgan fingerprint density at radius 1 is 0.640 bits per heavy atom. The minimum atomic E-state index is -0.231. The van der Waals surface area contributed by atoms with Gasteiger partial charge in [0.2, 0.25) is 0 Å². The lowest BCUT2D eigenvalue weighted by molar-refractivity contribution is -0.141. The van der Waals surface area contributed by atoms with Gasteiger partial charge in [-0.15, -0.1) is 0 Å². The van der Waals surface area contributed by atoms with E-state index in [1.54, 1.807) is 14.2 Å². The smallest absolute Gasteiger partial charge is 0.305 e. The number of nitrogens with zero attached hydrogens (tertiary/aromatic N) is 2. The highest BCUT2D eigenvalue weighted by Gasteiger charge is 2.24. The SMILES string of the molecule is COC(=O)CCCC1=C(C)c2cc3[nH]c(cc4nc(cc5[nH]c(cc1n2)c(CCCC(=O)OC)c5C)C(C(C)OC)=C4C)c(C(C)OC)c3C. The molecule has 0 aromatic carbocycles. The third kappa shape index (κ3) is 7.32. The Bertz CT molecular complexity index is 2030. The van der Waals surface area contributed by atoms with E-state index in [0.29, 0.717) is 38.5 Å².